The highest BCUT2D eigenvalue weighted by atomic mass is 35.5. The van der Waals surface area contributed by atoms with Gasteiger partial charge in [0.15, 0.2) is 10.9 Å². The first-order valence-corrected chi connectivity index (χ1v) is 21.7. The maximum atomic E-state index is 14.0. The van der Waals surface area contributed by atoms with Crippen LogP contribution in [0.15, 0.2) is 79.1 Å². The summed E-state index contributed by atoms with van der Waals surface area (Å²) >= 11 is 12.5. The quantitative estimate of drug-likeness (QED) is 0.0441. The van der Waals surface area contributed by atoms with E-state index in [9.17, 15) is 65.9 Å². The largest absolute Gasteiger partial charge is 0.507 e. The lowest BCUT2D eigenvalue weighted by atomic mass is 9.89. The Morgan fingerprint density at radius 3 is 1.36 bits per heavy atom. The number of benzene rings is 4. The predicted octanol–water partition coefficient (Wildman–Crippen LogP) is 8.45. The zero-order valence-corrected chi connectivity index (χ0v) is 37.5. The van der Waals surface area contributed by atoms with Crippen molar-refractivity contribution in [2.75, 3.05) is 40.4 Å². The lowest BCUT2D eigenvalue weighted by molar-refractivity contribution is -0.144. The molecule has 0 saturated carbocycles. The molecule has 8 rings (SSSR count). The first kappa shape index (κ1) is 49.3. The summed E-state index contributed by atoms with van der Waals surface area (Å²) in [7, 11) is 3.42. The SMILES string of the molecule is CN1CC[C@H](c2c(O)cc(OC(=O)CC(=O)Oc3cc(O)c([C@H]4CCN(C)[C@@H]4CO)c4oc(-c5ccc(C(F)(F)F)cc5Cl)cc(=O)c34)c3c(=O)cc(-c4ccc(C(F)(F)F)cc4Cl)oc23)[C@H]1CO. The highest BCUT2D eigenvalue weighted by molar-refractivity contribution is 6.33. The number of ether oxygens (including phenoxy) is 2. The number of likely N-dealkylation sites (tertiary alicyclic amines) is 2. The van der Waals surface area contributed by atoms with Crippen molar-refractivity contribution in [3.8, 4) is 45.6 Å². The zero-order chi connectivity index (χ0) is 50.0. The van der Waals surface area contributed by atoms with E-state index in [1.807, 2.05) is 0 Å². The third-order valence-electron chi connectivity index (χ3n) is 12.6. The molecule has 2 aliphatic heterocycles. The van der Waals surface area contributed by atoms with E-state index >= 15 is 0 Å². The van der Waals surface area contributed by atoms with Crippen molar-refractivity contribution < 1.29 is 74.7 Å². The lowest BCUT2D eigenvalue weighted by Crippen LogP contribution is -2.32. The standard InChI is InChI=1S/C47H38Cl2F6N2O12/c1-56-9-7-24(28(56)18-58)40-30(60)15-36(42-32(62)13-34(68-44(40)42)22-5-3-20(11-26(22)48)46(50,51)52)66-38(64)17-39(65)67-37-16-31(61)41(25-8-10-57(2)29(25)19-59)45-43(37)33(63)14-35(69-45)23-6-4-21(12-27(23)49)47(53,54)55/h3-6,11-16,24-25,28-29,58-61H,7-10,17-19H2,1-2H3/t24-,25-,28+,29+/m0/s1. The molecule has 4 N–H and O–H groups in total. The average Bonchev–Trinajstić information content (AvgIpc) is 3.82. The number of esters is 2. The molecule has 0 spiro atoms. The number of phenols is 2. The summed E-state index contributed by atoms with van der Waals surface area (Å²) in [6.07, 6.45) is -10.1. The van der Waals surface area contributed by atoms with E-state index in [-0.39, 0.29) is 44.9 Å². The molecule has 0 bridgehead atoms. The van der Waals surface area contributed by atoms with Gasteiger partial charge in [-0.25, -0.2) is 0 Å². The second-order valence-electron chi connectivity index (χ2n) is 16.7. The second kappa shape index (κ2) is 18.6. The maximum Gasteiger partial charge on any atom is 0.416 e. The van der Waals surface area contributed by atoms with Crippen LogP contribution in [0.5, 0.6) is 23.0 Å². The Morgan fingerprint density at radius 2 is 1.03 bits per heavy atom. The molecule has 2 saturated heterocycles. The van der Waals surface area contributed by atoms with Gasteiger partial charge in [0.1, 0.15) is 62.9 Å². The predicted molar refractivity (Wildman–Crippen MR) is 237 cm³/mol. The molecule has 0 amide bonds. The number of aromatic hydroxyl groups is 2. The summed E-state index contributed by atoms with van der Waals surface area (Å²) < 4.78 is 104. The number of hydrogen-bond acceptors (Lipinski definition) is 14. The smallest absolute Gasteiger partial charge is 0.416 e. The van der Waals surface area contributed by atoms with Gasteiger partial charge in [0.25, 0.3) is 0 Å². The highest BCUT2D eigenvalue weighted by Gasteiger charge is 2.40. The fraction of sp³-hybridized carbons (Fsp3) is 0.319. The molecule has 4 heterocycles. The minimum Gasteiger partial charge on any atom is -0.507 e. The van der Waals surface area contributed by atoms with Gasteiger partial charge < -0.3 is 48.5 Å². The Balaban J connectivity index is 1.16. The number of halogens is 8. The van der Waals surface area contributed by atoms with Crippen LogP contribution in [0.25, 0.3) is 44.6 Å². The van der Waals surface area contributed by atoms with E-state index < -0.39 is 134 Å². The molecular weight excluding hydrogens is 969 g/mol. The number of fused-ring (bicyclic) bond motifs is 2. The van der Waals surface area contributed by atoms with Gasteiger partial charge in [-0.15, -0.1) is 0 Å². The van der Waals surface area contributed by atoms with Crippen molar-refractivity contribution in [1.82, 2.24) is 9.80 Å². The number of aliphatic hydroxyl groups is 2. The molecule has 14 nitrogen and oxygen atoms in total. The number of alkyl halides is 6. The maximum absolute atomic E-state index is 14.0. The van der Waals surface area contributed by atoms with Gasteiger partial charge in [0.05, 0.1) is 34.4 Å². The number of hydrogen-bond donors (Lipinski definition) is 4. The Bertz CT molecular complexity index is 2970. The summed E-state index contributed by atoms with van der Waals surface area (Å²) in [6, 6.07) is 7.06. The molecule has 69 heavy (non-hydrogen) atoms. The Labute approximate surface area is 395 Å². The number of rotatable bonds is 10. The number of carbonyl (C=O) groups is 2. The van der Waals surface area contributed by atoms with Crippen LogP contribution in [0.3, 0.4) is 0 Å². The number of phenolic OH excluding ortho intramolecular Hbond substituents is 2. The summed E-state index contributed by atoms with van der Waals surface area (Å²) in [5.41, 5.74) is -4.98. The van der Waals surface area contributed by atoms with E-state index in [1.165, 1.54) is 0 Å². The Kier molecular flexibility index (Phi) is 13.3. The molecule has 4 aromatic carbocycles. The number of likely N-dealkylation sites (N-methyl/N-ethyl adjacent to an activating group) is 2. The van der Waals surface area contributed by atoms with Crippen molar-refractivity contribution in [3.05, 3.63) is 113 Å². The van der Waals surface area contributed by atoms with Gasteiger partial charge in [-0.1, -0.05) is 23.2 Å². The summed E-state index contributed by atoms with van der Waals surface area (Å²) in [4.78, 5) is 58.6. The minimum absolute atomic E-state index is 0.00173. The van der Waals surface area contributed by atoms with Gasteiger partial charge in [-0.05, 0) is 76.4 Å². The van der Waals surface area contributed by atoms with Gasteiger partial charge in [-0.3, -0.25) is 19.2 Å². The van der Waals surface area contributed by atoms with Crippen molar-refractivity contribution in [3.63, 3.8) is 0 Å². The first-order chi connectivity index (χ1) is 32.5. The average molecular weight is 1010 g/mol. The lowest BCUT2D eigenvalue weighted by Gasteiger charge is -2.25. The molecular formula is C47H38Cl2F6N2O12. The molecule has 0 aliphatic carbocycles. The Morgan fingerprint density at radius 1 is 0.652 bits per heavy atom. The molecule has 22 heteroatoms. The molecule has 2 aromatic heterocycles. The molecule has 6 aromatic rings. The van der Waals surface area contributed by atoms with Crippen LogP contribution < -0.4 is 20.3 Å². The van der Waals surface area contributed by atoms with Gasteiger partial charge in [0.2, 0.25) is 0 Å². The fourth-order valence-corrected chi connectivity index (χ4v) is 9.75. The highest BCUT2D eigenvalue weighted by Crippen LogP contribution is 2.48. The molecule has 364 valence electrons. The minimum atomic E-state index is -4.75. The van der Waals surface area contributed by atoms with Gasteiger partial charge in [-0.2, -0.15) is 26.3 Å². The number of nitrogens with zero attached hydrogens (tertiary/aromatic N) is 2. The fourth-order valence-electron chi connectivity index (χ4n) is 9.20. The van der Waals surface area contributed by atoms with Crippen molar-refractivity contribution in [1.29, 1.82) is 0 Å². The van der Waals surface area contributed by atoms with Crippen LogP contribution in [0.4, 0.5) is 26.3 Å². The monoisotopic (exact) mass is 1010 g/mol. The van der Waals surface area contributed by atoms with E-state index in [0.717, 1.165) is 48.5 Å². The van der Waals surface area contributed by atoms with Crippen molar-refractivity contribution in [2.45, 2.75) is 55.5 Å². The van der Waals surface area contributed by atoms with Gasteiger partial charge >= 0.3 is 24.3 Å². The topological polar surface area (TPSA) is 200 Å². The molecule has 4 atom stereocenters. The number of carbonyl (C=O) groups excluding carboxylic acids is 2. The molecule has 0 radical (unpaired) electrons. The summed E-state index contributed by atoms with van der Waals surface area (Å²) in [5.74, 6) is -7.16. The summed E-state index contributed by atoms with van der Waals surface area (Å²) in [6.45, 7) is 0.0574. The van der Waals surface area contributed by atoms with Crippen LogP contribution in [0.2, 0.25) is 10.0 Å². The van der Waals surface area contributed by atoms with Crippen LogP contribution in [-0.2, 0) is 21.9 Å². The normalized spacial score (nSPS) is 19.2. The van der Waals surface area contributed by atoms with E-state index in [1.54, 1.807) is 23.9 Å². The van der Waals surface area contributed by atoms with Crippen molar-refractivity contribution in [2.24, 2.45) is 0 Å². The van der Waals surface area contributed by atoms with Crippen molar-refractivity contribution >= 4 is 57.1 Å². The summed E-state index contributed by atoms with van der Waals surface area (Å²) in [5, 5.41) is 41.8. The van der Waals surface area contributed by atoms with Crippen LogP contribution >= 0.6 is 23.2 Å². The van der Waals surface area contributed by atoms with E-state index in [0.29, 0.717) is 38.1 Å². The number of aliphatic hydroxyl groups excluding tert-OH is 2. The Hall–Kier alpha value is -6.16. The zero-order valence-electron chi connectivity index (χ0n) is 36.0. The van der Waals surface area contributed by atoms with Crippen LogP contribution in [-0.4, -0.2) is 94.6 Å². The van der Waals surface area contributed by atoms with E-state index in [2.05, 4.69) is 0 Å². The van der Waals surface area contributed by atoms with Crippen LogP contribution in [0, 0.1) is 0 Å². The molecule has 0 unspecified atom stereocenters. The third-order valence-corrected chi connectivity index (χ3v) is 13.2. The second-order valence-corrected chi connectivity index (χ2v) is 17.5. The third kappa shape index (κ3) is 9.36. The van der Waals surface area contributed by atoms with Gasteiger partial charge in [0, 0.05) is 70.4 Å². The van der Waals surface area contributed by atoms with Crippen LogP contribution in [0.1, 0.15) is 53.4 Å². The van der Waals surface area contributed by atoms with E-state index in [4.69, 9.17) is 41.5 Å². The molecule has 2 aliphatic rings. The first-order valence-electron chi connectivity index (χ1n) is 21.0. The molecule has 2 fully saturated rings.